The van der Waals surface area contributed by atoms with E-state index in [9.17, 15) is 0 Å². The van der Waals surface area contributed by atoms with Crippen molar-refractivity contribution in [1.82, 2.24) is 0 Å². The van der Waals surface area contributed by atoms with Crippen LogP contribution >= 0.6 is 0 Å². The van der Waals surface area contributed by atoms with Gasteiger partial charge in [-0.15, -0.1) is 0 Å². The maximum Gasteiger partial charge on any atom is 0.0126 e. The largest absolute Gasteiger partial charge is 0.325 e. The van der Waals surface area contributed by atoms with Gasteiger partial charge in [-0.1, -0.05) is 6.92 Å². The molecule has 0 aromatic rings. The van der Waals surface area contributed by atoms with Gasteiger partial charge in [-0.25, -0.2) is 0 Å². The Labute approximate surface area is 57.6 Å². The van der Waals surface area contributed by atoms with E-state index in [-0.39, 0.29) is 5.54 Å². The predicted molar refractivity (Wildman–Crippen MR) is 40.2 cm³/mol. The SMILES string of the molecule is CC1CCC(C)(N)CC1. The molecule has 54 valence electrons. The third-order valence-corrected chi connectivity index (χ3v) is 2.42. The van der Waals surface area contributed by atoms with Crippen LogP contribution in [0, 0.1) is 5.92 Å². The Hall–Kier alpha value is -0.0400. The predicted octanol–water partition coefficient (Wildman–Crippen LogP) is 1.91. The van der Waals surface area contributed by atoms with E-state index in [0.29, 0.717) is 0 Å². The van der Waals surface area contributed by atoms with Gasteiger partial charge in [0.15, 0.2) is 0 Å². The highest BCUT2D eigenvalue weighted by Gasteiger charge is 2.24. The van der Waals surface area contributed by atoms with Crippen LogP contribution in [-0.2, 0) is 0 Å². The van der Waals surface area contributed by atoms with E-state index in [4.69, 9.17) is 5.73 Å². The number of nitrogens with two attached hydrogens (primary N) is 1. The normalized spacial score (nSPS) is 45.0. The zero-order valence-electron chi connectivity index (χ0n) is 6.48. The molecule has 1 fully saturated rings. The summed E-state index contributed by atoms with van der Waals surface area (Å²) in [6.07, 6.45) is 5.09. The lowest BCUT2D eigenvalue weighted by Gasteiger charge is -2.32. The average Bonchev–Trinajstić information content (AvgIpc) is 1.78. The van der Waals surface area contributed by atoms with E-state index in [1.807, 2.05) is 0 Å². The molecule has 0 unspecified atom stereocenters. The second-order valence-electron chi connectivity index (χ2n) is 3.84. The summed E-state index contributed by atoms with van der Waals surface area (Å²) in [5.74, 6) is 0.918. The summed E-state index contributed by atoms with van der Waals surface area (Å²) in [5.41, 5.74) is 6.10. The van der Waals surface area contributed by atoms with E-state index >= 15 is 0 Å². The van der Waals surface area contributed by atoms with Crippen LogP contribution < -0.4 is 5.73 Å². The van der Waals surface area contributed by atoms with Gasteiger partial charge in [-0.3, -0.25) is 0 Å². The molecule has 1 nitrogen and oxygen atoms in total. The first-order valence-electron chi connectivity index (χ1n) is 3.89. The van der Waals surface area contributed by atoms with Crippen LogP contribution in [0.1, 0.15) is 39.5 Å². The monoisotopic (exact) mass is 127 g/mol. The van der Waals surface area contributed by atoms with Crippen molar-refractivity contribution in [1.29, 1.82) is 0 Å². The van der Waals surface area contributed by atoms with Gasteiger partial charge in [0.1, 0.15) is 0 Å². The lowest BCUT2D eigenvalue weighted by atomic mass is 9.79. The van der Waals surface area contributed by atoms with Crippen molar-refractivity contribution in [3.63, 3.8) is 0 Å². The van der Waals surface area contributed by atoms with Crippen molar-refractivity contribution in [2.75, 3.05) is 0 Å². The highest BCUT2D eigenvalue weighted by atomic mass is 14.7. The van der Waals surface area contributed by atoms with Crippen LogP contribution in [0.15, 0.2) is 0 Å². The summed E-state index contributed by atoms with van der Waals surface area (Å²) in [5, 5.41) is 0. The van der Waals surface area contributed by atoms with E-state index in [0.717, 1.165) is 5.92 Å². The molecular formula is C8H17N. The quantitative estimate of drug-likeness (QED) is 0.528. The Balaban J connectivity index is 2.35. The van der Waals surface area contributed by atoms with Crippen LogP contribution in [0.5, 0.6) is 0 Å². The van der Waals surface area contributed by atoms with Gasteiger partial charge in [-0.2, -0.15) is 0 Å². The fourth-order valence-electron chi connectivity index (χ4n) is 1.42. The molecule has 9 heavy (non-hydrogen) atoms. The molecule has 0 heterocycles. The Morgan fingerprint density at radius 3 is 2.11 bits per heavy atom. The third kappa shape index (κ3) is 1.98. The molecule has 0 spiro atoms. The maximum absolute atomic E-state index is 5.94. The molecule has 1 aliphatic rings. The standard InChI is InChI=1S/C8H17N/c1-7-3-5-8(2,9)6-4-7/h7H,3-6,9H2,1-2H3. The molecule has 0 radical (unpaired) electrons. The Morgan fingerprint density at radius 2 is 1.78 bits per heavy atom. The van der Waals surface area contributed by atoms with Crippen LogP contribution in [0.2, 0.25) is 0 Å². The molecule has 0 aromatic heterocycles. The lowest BCUT2D eigenvalue weighted by molar-refractivity contribution is 0.264. The zero-order valence-corrected chi connectivity index (χ0v) is 6.48. The molecular weight excluding hydrogens is 110 g/mol. The molecule has 2 N–H and O–H groups in total. The van der Waals surface area contributed by atoms with Gasteiger partial charge in [0.25, 0.3) is 0 Å². The highest BCUT2D eigenvalue weighted by molar-refractivity contribution is 4.83. The summed E-state index contributed by atoms with van der Waals surface area (Å²) in [6, 6.07) is 0. The van der Waals surface area contributed by atoms with E-state index in [1.54, 1.807) is 0 Å². The summed E-state index contributed by atoms with van der Waals surface area (Å²) in [4.78, 5) is 0. The molecule has 0 bridgehead atoms. The van der Waals surface area contributed by atoms with Gasteiger partial charge in [0.2, 0.25) is 0 Å². The van der Waals surface area contributed by atoms with Crippen molar-refractivity contribution in [2.24, 2.45) is 11.7 Å². The van der Waals surface area contributed by atoms with Gasteiger partial charge in [0.05, 0.1) is 0 Å². The van der Waals surface area contributed by atoms with Crippen molar-refractivity contribution in [2.45, 2.75) is 45.1 Å². The van der Waals surface area contributed by atoms with Crippen molar-refractivity contribution in [3.05, 3.63) is 0 Å². The topological polar surface area (TPSA) is 26.0 Å². The van der Waals surface area contributed by atoms with Crippen LogP contribution in [0.25, 0.3) is 0 Å². The number of hydrogen-bond acceptors (Lipinski definition) is 1. The first kappa shape index (κ1) is 7.07. The van der Waals surface area contributed by atoms with Crippen molar-refractivity contribution < 1.29 is 0 Å². The molecule has 1 aliphatic carbocycles. The summed E-state index contributed by atoms with van der Waals surface area (Å²) in [6.45, 7) is 4.48. The summed E-state index contributed by atoms with van der Waals surface area (Å²) >= 11 is 0. The zero-order chi connectivity index (χ0) is 6.91. The summed E-state index contributed by atoms with van der Waals surface area (Å²) < 4.78 is 0. The van der Waals surface area contributed by atoms with E-state index < -0.39 is 0 Å². The molecule has 1 heteroatoms. The van der Waals surface area contributed by atoms with Gasteiger partial charge in [-0.05, 0) is 38.5 Å². The lowest BCUT2D eigenvalue weighted by Crippen LogP contribution is -2.39. The number of hydrogen-bond donors (Lipinski definition) is 1. The van der Waals surface area contributed by atoms with Crippen molar-refractivity contribution in [3.8, 4) is 0 Å². The smallest absolute Gasteiger partial charge is 0.0126 e. The van der Waals surface area contributed by atoms with Gasteiger partial charge in [0, 0.05) is 5.54 Å². The van der Waals surface area contributed by atoms with E-state index in [1.165, 1.54) is 25.7 Å². The van der Waals surface area contributed by atoms with Gasteiger partial charge < -0.3 is 5.73 Å². The minimum atomic E-state index is 0.159. The van der Waals surface area contributed by atoms with Crippen LogP contribution in [0.3, 0.4) is 0 Å². The fourth-order valence-corrected chi connectivity index (χ4v) is 1.42. The first-order chi connectivity index (χ1) is 4.10. The van der Waals surface area contributed by atoms with E-state index in [2.05, 4.69) is 13.8 Å². The Kier molecular flexibility index (Phi) is 1.80. The van der Waals surface area contributed by atoms with Crippen molar-refractivity contribution >= 4 is 0 Å². The molecule has 0 saturated heterocycles. The maximum atomic E-state index is 5.94. The number of rotatable bonds is 0. The highest BCUT2D eigenvalue weighted by Crippen LogP contribution is 2.28. The first-order valence-corrected chi connectivity index (χ1v) is 3.89. The molecule has 0 atom stereocenters. The van der Waals surface area contributed by atoms with Crippen LogP contribution in [-0.4, -0.2) is 5.54 Å². The average molecular weight is 127 g/mol. The van der Waals surface area contributed by atoms with Gasteiger partial charge >= 0.3 is 0 Å². The molecule has 0 amide bonds. The minimum Gasteiger partial charge on any atom is -0.325 e. The molecule has 1 saturated carbocycles. The van der Waals surface area contributed by atoms with Crippen LogP contribution in [0.4, 0.5) is 0 Å². The third-order valence-electron chi connectivity index (χ3n) is 2.42. The molecule has 1 rings (SSSR count). The molecule has 0 aromatic carbocycles. The minimum absolute atomic E-state index is 0.159. The Bertz CT molecular complexity index is 86.7. The second-order valence-corrected chi connectivity index (χ2v) is 3.84. The Morgan fingerprint density at radius 1 is 1.33 bits per heavy atom. The fraction of sp³-hybridized carbons (Fsp3) is 1.00. The second kappa shape index (κ2) is 2.30. The molecule has 0 aliphatic heterocycles. The summed E-state index contributed by atoms with van der Waals surface area (Å²) in [7, 11) is 0.